The lowest BCUT2D eigenvalue weighted by Gasteiger charge is -2.08. The maximum absolute atomic E-state index is 12.3. The van der Waals surface area contributed by atoms with Gasteiger partial charge in [-0.3, -0.25) is 0 Å². The van der Waals surface area contributed by atoms with Gasteiger partial charge in [0.2, 0.25) is 0 Å². The average Bonchev–Trinajstić information content (AvgIpc) is 3.15. The van der Waals surface area contributed by atoms with Crippen LogP contribution < -0.4 is 0 Å². The second-order valence-corrected chi connectivity index (χ2v) is 6.86. The van der Waals surface area contributed by atoms with Gasteiger partial charge in [0.25, 0.3) is 0 Å². The smallest absolute Gasteiger partial charge is 0.345 e. The Kier molecular flexibility index (Phi) is 4.94. The molecule has 0 saturated heterocycles. The normalized spacial score (nSPS) is 12.2. The van der Waals surface area contributed by atoms with Crippen molar-refractivity contribution in [3.8, 4) is 0 Å². The molecule has 0 saturated carbocycles. The fourth-order valence-corrected chi connectivity index (χ4v) is 3.70. The second-order valence-electron chi connectivity index (χ2n) is 5.90. The first-order valence-corrected chi connectivity index (χ1v) is 9.44. The average molecular weight is 392 g/mol. The summed E-state index contributed by atoms with van der Waals surface area (Å²) >= 11 is 1.31. The monoisotopic (exact) mass is 392 g/mol. The second kappa shape index (κ2) is 7.69. The molecule has 8 heteroatoms. The number of thioether (sulfide) groups is 1. The van der Waals surface area contributed by atoms with Crippen LogP contribution in [0.3, 0.4) is 0 Å². The predicted molar refractivity (Wildman–Crippen MR) is 108 cm³/mol. The number of fused-ring (bicyclic) bond motifs is 2. The Labute approximate surface area is 164 Å². The topological polar surface area (TPSA) is 101 Å². The van der Waals surface area contributed by atoms with E-state index in [9.17, 15) is 9.90 Å². The number of carbonyl (C=O) groups excluding carboxylic acids is 1. The zero-order valence-electron chi connectivity index (χ0n) is 14.9. The third-order valence-electron chi connectivity index (χ3n) is 4.16. The Balaban J connectivity index is 1.69. The summed E-state index contributed by atoms with van der Waals surface area (Å²) in [5.74, 6) is -0.412. The molecule has 140 valence electrons. The zero-order chi connectivity index (χ0) is 19.5. The molecule has 28 heavy (non-hydrogen) atoms. The number of benzene rings is 2. The van der Waals surface area contributed by atoms with Crippen molar-refractivity contribution in [2.45, 2.75) is 5.03 Å². The predicted octanol–water partition coefficient (Wildman–Crippen LogP) is 3.74. The Morgan fingerprint density at radius 2 is 1.86 bits per heavy atom. The molecule has 0 atom stereocenters. The van der Waals surface area contributed by atoms with Gasteiger partial charge >= 0.3 is 5.97 Å². The number of hydrogen-bond donors (Lipinski definition) is 2. The lowest BCUT2D eigenvalue weighted by molar-refractivity contribution is -0.133. The Bertz CT molecular complexity index is 1160. The maximum Gasteiger partial charge on any atom is 0.345 e. The minimum Gasteiger partial charge on any atom is -0.510 e. The van der Waals surface area contributed by atoms with Crippen molar-refractivity contribution >= 4 is 45.2 Å². The molecule has 2 heterocycles. The van der Waals surface area contributed by atoms with Crippen molar-refractivity contribution in [3.05, 3.63) is 66.4 Å². The van der Waals surface area contributed by atoms with E-state index < -0.39 is 5.97 Å². The molecule has 0 aliphatic rings. The van der Waals surface area contributed by atoms with Crippen LogP contribution in [-0.4, -0.2) is 43.9 Å². The van der Waals surface area contributed by atoms with Crippen LogP contribution in [0, 0.1) is 0 Å². The van der Waals surface area contributed by atoms with Crippen LogP contribution in [0.4, 0.5) is 0 Å². The Morgan fingerprint density at radius 3 is 2.64 bits per heavy atom. The molecule has 2 aromatic heterocycles. The number of imidazole rings is 1. The van der Waals surface area contributed by atoms with E-state index in [0.29, 0.717) is 10.5 Å². The molecule has 0 aliphatic heterocycles. The molecule has 4 aromatic rings. The Hall–Kier alpha value is -3.39. The number of nitrogens with one attached hydrogen (secondary N) is 1. The molecule has 2 N–H and O–H groups in total. The summed E-state index contributed by atoms with van der Waals surface area (Å²) in [6, 6.07) is 15.0. The number of nitrogens with zero attached hydrogens (tertiary/aromatic N) is 3. The van der Waals surface area contributed by atoms with Crippen molar-refractivity contribution in [3.63, 3.8) is 0 Å². The largest absolute Gasteiger partial charge is 0.510 e. The number of ether oxygens (including phenoxy) is 1. The lowest BCUT2D eigenvalue weighted by atomic mass is 10.2. The summed E-state index contributed by atoms with van der Waals surface area (Å²) in [7, 11) is 1.27. The van der Waals surface area contributed by atoms with Crippen LogP contribution in [0.25, 0.3) is 27.5 Å². The van der Waals surface area contributed by atoms with E-state index in [2.05, 4.69) is 19.9 Å². The van der Waals surface area contributed by atoms with Crippen LogP contribution in [0.1, 0.15) is 5.82 Å². The molecule has 0 unspecified atom stereocenters. The Morgan fingerprint density at radius 1 is 1.11 bits per heavy atom. The molecule has 0 amide bonds. The number of H-pyrrole nitrogens is 1. The van der Waals surface area contributed by atoms with Gasteiger partial charge in [0.05, 0.1) is 29.4 Å². The minimum absolute atomic E-state index is 0.00422. The van der Waals surface area contributed by atoms with Gasteiger partial charge in [-0.25, -0.2) is 19.7 Å². The highest BCUT2D eigenvalue weighted by molar-refractivity contribution is 7.99. The van der Waals surface area contributed by atoms with Crippen molar-refractivity contribution in [2.75, 3.05) is 12.9 Å². The van der Waals surface area contributed by atoms with Gasteiger partial charge in [-0.15, -0.1) is 0 Å². The molecule has 0 bridgehead atoms. The van der Waals surface area contributed by atoms with E-state index in [0.717, 1.165) is 16.4 Å². The minimum atomic E-state index is -0.662. The molecule has 2 aromatic carbocycles. The summed E-state index contributed by atoms with van der Waals surface area (Å²) < 4.78 is 4.85. The summed E-state index contributed by atoms with van der Waals surface area (Å²) in [6.07, 6.45) is 1.48. The summed E-state index contributed by atoms with van der Waals surface area (Å²) in [5.41, 5.74) is 2.28. The van der Waals surface area contributed by atoms with Gasteiger partial charge in [-0.1, -0.05) is 42.1 Å². The molecule has 0 radical (unpaired) electrons. The van der Waals surface area contributed by atoms with Gasteiger partial charge in [0.15, 0.2) is 0 Å². The van der Waals surface area contributed by atoms with Crippen LogP contribution in [-0.2, 0) is 9.53 Å². The highest BCUT2D eigenvalue weighted by Crippen LogP contribution is 2.28. The molecule has 0 spiro atoms. The molecular weight excluding hydrogens is 376 g/mol. The third-order valence-corrected chi connectivity index (χ3v) is 5.17. The zero-order valence-corrected chi connectivity index (χ0v) is 15.7. The van der Waals surface area contributed by atoms with Crippen molar-refractivity contribution < 1.29 is 14.6 Å². The fraction of sp³-hybridized carbons (Fsp3) is 0.100. The number of rotatable bonds is 5. The van der Waals surface area contributed by atoms with Gasteiger partial charge in [-0.2, -0.15) is 0 Å². The quantitative estimate of drug-likeness (QED) is 0.175. The summed E-state index contributed by atoms with van der Waals surface area (Å²) in [6.45, 7) is 0. The van der Waals surface area contributed by atoms with Gasteiger partial charge in [0.1, 0.15) is 28.5 Å². The molecule has 0 fully saturated rings. The first-order chi connectivity index (χ1) is 13.7. The lowest BCUT2D eigenvalue weighted by Crippen LogP contribution is -2.10. The fourth-order valence-electron chi connectivity index (χ4n) is 2.83. The first-order valence-electron chi connectivity index (χ1n) is 8.45. The van der Waals surface area contributed by atoms with E-state index in [-0.39, 0.29) is 22.9 Å². The number of aliphatic hydroxyl groups is 1. The van der Waals surface area contributed by atoms with Gasteiger partial charge in [0, 0.05) is 5.39 Å². The standard InChI is InChI=1S/C20H16N4O3S/c1-27-20(26)17(18-23-14-8-4-5-9-15(14)24-18)16(25)10-28-19-12-6-2-3-7-13(12)21-11-22-19/h2-9,11,25H,10H2,1H3,(H,23,24)/b17-16+. The number of methoxy groups -OCH3 is 1. The van der Waals surface area contributed by atoms with Crippen molar-refractivity contribution in [1.29, 1.82) is 0 Å². The molecule has 0 aliphatic carbocycles. The highest BCUT2D eigenvalue weighted by Gasteiger charge is 2.22. The van der Waals surface area contributed by atoms with E-state index in [1.165, 1.54) is 25.2 Å². The molecule has 4 rings (SSSR count). The first kappa shape index (κ1) is 18.0. The number of esters is 1. The number of aliphatic hydroxyl groups excluding tert-OH is 1. The SMILES string of the molecule is COC(=O)/C(=C(/O)CSc1ncnc2ccccc12)c1nc2ccccc2[nH]1. The number of hydrogen-bond acceptors (Lipinski definition) is 7. The maximum atomic E-state index is 12.3. The van der Waals surface area contributed by atoms with E-state index in [1.54, 1.807) is 0 Å². The van der Waals surface area contributed by atoms with E-state index in [4.69, 9.17) is 4.74 Å². The molecule has 7 nitrogen and oxygen atoms in total. The highest BCUT2D eigenvalue weighted by atomic mass is 32.2. The van der Waals surface area contributed by atoms with Crippen LogP contribution in [0.15, 0.2) is 65.6 Å². The number of aromatic nitrogens is 4. The van der Waals surface area contributed by atoms with Crippen LogP contribution in [0.5, 0.6) is 0 Å². The van der Waals surface area contributed by atoms with Crippen molar-refractivity contribution in [2.24, 2.45) is 0 Å². The van der Waals surface area contributed by atoms with E-state index in [1.807, 2.05) is 48.5 Å². The molecular formula is C20H16N4O3S. The number of para-hydroxylation sites is 3. The number of aromatic amines is 1. The number of carbonyl (C=O) groups is 1. The van der Waals surface area contributed by atoms with Gasteiger partial charge < -0.3 is 14.8 Å². The summed E-state index contributed by atoms with van der Waals surface area (Å²) in [4.78, 5) is 28.3. The van der Waals surface area contributed by atoms with Crippen LogP contribution >= 0.6 is 11.8 Å². The van der Waals surface area contributed by atoms with E-state index >= 15 is 0 Å². The summed E-state index contributed by atoms with van der Waals surface area (Å²) in [5, 5.41) is 12.3. The third kappa shape index (κ3) is 3.41. The van der Waals surface area contributed by atoms with Gasteiger partial charge in [-0.05, 0) is 18.2 Å². The van der Waals surface area contributed by atoms with Crippen molar-refractivity contribution in [1.82, 2.24) is 19.9 Å². The van der Waals surface area contributed by atoms with Crippen LogP contribution in [0.2, 0.25) is 0 Å².